The molecule has 5 heteroatoms. The van der Waals surface area contributed by atoms with Gasteiger partial charge in [0.2, 0.25) is 0 Å². The van der Waals surface area contributed by atoms with Gasteiger partial charge in [0, 0.05) is 41.8 Å². The van der Waals surface area contributed by atoms with Crippen LogP contribution in [0.4, 0.5) is 5.69 Å². The number of fused-ring (bicyclic) bond motifs is 1. The summed E-state index contributed by atoms with van der Waals surface area (Å²) in [6, 6.07) is 6.05. The average Bonchev–Trinajstić information content (AvgIpc) is 3.02. The van der Waals surface area contributed by atoms with Crippen LogP contribution >= 0.6 is 11.3 Å². The summed E-state index contributed by atoms with van der Waals surface area (Å²) in [5.74, 6) is 0. The second kappa shape index (κ2) is 5.93. The normalized spacial score (nSPS) is 11.0. The fourth-order valence-corrected chi connectivity index (χ4v) is 3.45. The van der Waals surface area contributed by atoms with Gasteiger partial charge in [-0.25, -0.2) is 9.78 Å². The van der Waals surface area contributed by atoms with Gasteiger partial charge in [-0.05, 0) is 38.5 Å². The van der Waals surface area contributed by atoms with Crippen LogP contribution < -0.4 is 10.5 Å². The molecule has 3 rings (SSSR count). The molecule has 0 aliphatic heterocycles. The predicted molar refractivity (Wildman–Crippen MR) is 91.9 cm³/mol. The molecule has 0 aliphatic carbocycles. The zero-order valence-corrected chi connectivity index (χ0v) is 13.7. The Labute approximate surface area is 133 Å². The van der Waals surface area contributed by atoms with Gasteiger partial charge in [0.15, 0.2) is 0 Å². The van der Waals surface area contributed by atoms with Crippen molar-refractivity contribution in [2.45, 2.75) is 20.8 Å². The number of thiazole rings is 1. The number of aromatic nitrogens is 1. The summed E-state index contributed by atoms with van der Waals surface area (Å²) in [6.45, 7) is 8.01. The Bertz CT molecular complexity index is 849. The maximum atomic E-state index is 12.4. The largest absolute Gasteiger partial charge is 0.422 e. The summed E-state index contributed by atoms with van der Waals surface area (Å²) in [4.78, 5) is 18.8. The molecule has 0 fully saturated rings. The number of benzene rings is 1. The quantitative estimate of drug-likeness (QED) is 0.681. The third-order valence-corrected chi connectivity index (χ3v) is 4.72. The van der Waals surface area contributed by atoms with Crippen molar-refractivity contribution in [3.8, 4) is 10.6 Å². The van der Waals surface area contributed by atoms with E-state index in [4.69, 9.17) is 4.42 Å². The molecule has 114 valence electrons. The molecule has 1 aromatic carbocycles. The molecule has 0 bridgehead atoms. The van der Waals surface area contributed by atoms with E-state index in [1.54, 1.807) is 6.20 Å². The third-order valence-electron chi connectivity index (χ3n) is 3.93. The van der Waals surface area contributed by atoms with Crippen LogP contribution in [0.3, 0.4) is 0 Å². The van der Waals surface area contributed by atoms with Crippen molar-refractivity contribution in [1.29, 1.82) is 0 Å². The van der Waals surface area contributed by atoms with Gasteiger partial charge in [-0.3, -0.25) is 0 Å². The lowest BCUT2D eigenvalue weighted by molar-refractivity contribution is 0.562. The van der Waals surface area contributed by atoms with E-state index < -0.39 is 0 Å². The SMILES string of the molecule is CCN(CC)c1ccc2c(C)c(-c3nccs3)c(=O)oc2c1. The van der Waals surface area contributed by atoms with Gasteiger partial charge in [0.25, 0.3) is 0 Å². The Morgan fingerprint density at radius 3 is 2.68 bits per heavy atom. The van der Waals surface area contributed by atoms with Crippen LogP contribution in [0.2, 0.25) is 0 Å². The van der Waals surface area contributed by atoms with Crippen LogP contribution in [0.1, 0.15) is 19.4 Å². The first-order chi connectivity index (χ1) is 10.7. The number of rotatable bonds is 4. The molecule has 0 radical (unpaired) electrons. The van der Waals surface area contributed by atoms with Crippen LogP contribution in [0, 0.1) is 6.92 Å². The number of hydrogen-bond acceptors (Lipinski definition) is 5. The molecule has 2 aromatic heterocycles. The third kappa shape index (κ3) is 2.41. The molecule has 3 aromatic rings. The maximum Gasteiger partial charge on any atom is 0.346 e. The lowest BCUT2D eigenvalue weighted by Gasteiger charge is -2.21. The Morgan fingerprint density at radius 1 is 1.27 bits per heavy atom. The zero-order chi connectivity index (χ0) is 15.7. The molecule has 0 saturated carbocycles. The second-order valence-electron chi connectivity index (χ2n) is 5.08. The standard InChI is InChI=1S/C17H18N2O2S/c1-4-19(5-2)12-6-7-13-11(3)15(16-18-8-9-22-16)17(20)21-14(13)10-12/h6-10H,4-5H2,1-3H3. The summed E-state index contributed by atoms with van der Waals surface area (Å²) in [6.07, 6.45) is 1.70. The highest BCUT2D eigenvalue weighted by Gasteiger charge is 2.16. The van der Waals surface area contributed by atoms with Crippen LogP contribution in [-0.2, 0) is 0 Å². The highest BCUT2D eigenvalue weighted by Crippen LogP contribution is 2.30. The van der Waals surface area contributed by atoms with Gasteiger partial charge in [-0.2, -0.15) is 0 Å². The van der Waals surface area contributed by atoms with Crippen LogP contribution in [0.15, 0.2) is 39.0 Å². The monoisotopic (exact) mass is 314 g/mol. The second-order valence-corrected chi connectivity index (χ2v) is 5.97. The lowest BCUT2D eigenvalue weighted by atomic mass is 10.1. The molecular formula is C17H18N2O2S. The first-order valence-electron chi connectivity index (χ1n) is 7.38. The molecule has 0 saturated heterocycles. The van der Waals surface area contributed by atoms with E-state index in [2.05, 4.69) is 29.8 Å². The number of hydrogen-bond donors (Lipinski definition) is 0. The summed E-state index contributed by atoms with van der Waals surface area (Å²) < 4.78 is 5.56. The molecule has 2 heterocycles. The lowest BCUT2D eigenvalue weighted by Crippen LogP contribution is -2.21. The minimum atomic E-state index is -0.323. The van der Waals surface area contributed by atoms with Crippen molar-refractivity contribution >= 4 is 28.0 Å². The molecule has 4 nitrogen and oxygen atoms in total. The van der Waals surface area contributed by atoms with E-state index in [1.165, 1.54) is 11.3 Å². The van der Waals surface area contributed by atoms with Crippen molar-refractivity contribution in [3.63, 3.8) is 0 Å². The number of anilines is 1. The van der Waals surface area contributed by atoms with E-state index >= 15 is 0 Å². The minimum Gasteiger partial charge on any atom is -0.422 e. The topological polar surface area (TPSA) is 46.3 Å². The van der Waals surface area contributed by atoms with Gasteiger partial charge in [-0.1, -0.05) is 0 Å². The smallest absolute Gasteiger partial charge is 0.346 e. The summed E-state index contributed by atoms with van der Waals surface area (Å²) in [5, 5.41) is 3.53. The molecule has 22 heavy (non-hydrogen) atoms. The van der Waals surface area contributed by atoms with E-state index in [0.717, 1.165) is 29.7 Å². The van der Waals surface area contributed by atoms with Gasteiger partial charge in [-0.15, -0.1) is 11.3 Å². The molecule has 0 unspecified atom stereocenters. The molecule has 0 atom stereocenters. The molecule has 0 spiro atoms. The summed E-state index contributed by atoms with van der Waals surface area (Å²) in [7, 11) is 0. The Morgan fingerprint density at radius 2 is 2.05 bits per heavy atom. The predicted octanol–water partition coefficient (Wildman–Crippen LogP) is 4.07. The first-order valence-corrected chi connectivity index (χ1v) is 8.26. The van der Waals surface area contributed by atoms with Crippen LogP contribution in [0.5, 0.6) is 0 Å². The Kier molecular flexibility index (Phi) is 3.98. The van der Waals surface area contributed by atoms with E-state index in [1.807, 2.05) is 24.4 Å². The summed E-state index contributed by atoms with van der Waals surface area (Å²) >= 11 is 1.45. The van der Waals surface area contributed by atoms with Gasteiger partial charge in [0.1, 0.15) is 10.6 Å². The highest BCUT2D eigenvalue weighted by molar-refractivity contribution is 7.13. The van der Waals surface area contributed by atoms with Crippen molar-refractivity contribution in [1.82, 2.24) is 4.98 Å². The Balaban J connectivity index is 2.21. The maximum absolute atomic E-state index is 12.4. The van der Waals surface area contributed by atoms with Crippen molar-refractivity contribution in [3.05, 3.63) is 45.8 Å². The van der Waals surface area contributed by atoms with Gasteiger partial charge < -0.3 is 9.32 Å². The molecule has 0 amide bonds. The van der Waals surface area contributed by atoms with Crippen molar-refractivity contribution in [2.75, 3.05) is 18.0 Å². The van der Waals surface area contributed by atoms with Crippen LogP contribution in [-0.4, -0.2) is 18.1 Å². The minimum absolute atomic E-state index is 0.323. The van der Waals surface area contributed by atoms with Gasteiger partial charge in [0.05, 0.1) is 5.56 Å². The van der Waals surface area contributed by atoms with E-state index in [9.17, 15) is 4.79 Å². The van der Waals surface area contributed by atoms with E-state index in [0.29, 0.717) is 16.2 Å². The first kappa shape index (κ1) is 14.8. The Hall–Kier alpha value is -2.14. The van der Waals surface area contributed by atoms with Crippen molar-refractivity contribution < 1.29 is 4.42 Å². The zero-order valence-electron chi connectivity index (χ0n) is 12.9. The van der Waals surface area contributed by atoms with E-state index in [-0.39, 0.29) is 5.63 Å². The number of nitrogens with zero attached hydrogens (tertiary/aromatic N) is 2. The van der Waals surface area contributed by atoms with Crippen molar-refractivity contribution in [2.24, 2.45) is 0 Å². The van der Waals surface area contributed by atoms with Crippen LogP contribution in [0.25, 0.3) is 21.5 Å². The van der Waals surface area contributed by atoms with Gasteiger partial charge >= 0.3 is 5.63 Å². The average molecular weight is 314 g/mol. The highest BCUT2D eigenvalue weighted by atomic mass is 32.1. The molecule has 0 aliphatic rings. The fraction of sp³-hybridized carbons (Fsp3) is 0.294. The fourth-order valence-electron chi connectivity index (χ4n) is 2.72. The molecule has 0 N–H and O–H groups in total. The number of aryl methyl sites for hydroxylation is 1. The summed E-state index contributed by atoms with van der Waals surface area (Å²) in [5.41, 5.74) is 2.87. The molecular weight excluding hydrogens is 296 g/mol.